The average molecular weight is 211 g/mol. The van der Waals surface area contributed by atoms with Gasteiger partial charge in [0.25, 0.3) is 5.91 Å². The Morgan fingerprint density at radius 1 is 1.64 bits per heavy atom. The van der Waals surface area contributed by atoms with Gasteiger partial charge < -0.3 is 5.11 Å². The Morgan fingerprint density at radius 3 is 2.79 bits per heavy atom. The van der Waals surface area contributed by atoms with Crippen LogP contribution >= 0.6 is 11.8 Å². The van der Waals surface area contributed by atoms with Gasteiger partial charge in [-0.1, -0.05) is 17.8 Å². The summed E-state index contributed by atoms with van der Waals surface area (Å²) in [6, 6.07) is 0. The second-order valence-corrected chi connectivity index (χ2v) is 4.39. The van der Waals surface area contributed by atoms with Crippen molar-refractivity contribution in [2.24, 2.45) is 0 Å². The molecule has 1 N–H and O–H groups in total. The second kappa shape index (κ2) is 2.88. The smallest absolute Gasteiger partial charge is 0.353 e. The number of carboxylic acid groups (broad SMARTS) is 1. The Balaban J connectivity index is 2.37. The lowest BCUT2D eigenvalue weighted by molar-refractivity contribution is -0.141. The van der Waals surface area contributed by atoms with Gasteiger partial charge in [0.15, 0.2) is 0 Å². The molecule has 5 heteroatoms. The molecule has 0 aromatic carbocycles. The Labute approximate surface area is 85.3 Å². The van der Waals surface area contributed by atoms with E-state index in [1.807, 2.05) is 0 Å². The van der Waals surface area contributed by atoms with Gasteiger partial charge in [-0.25, -0.2) is 4.79 Å². The molecule has 74 valence electrons. The molecule has 14 heavy (non-hydrogen) atoms. The zero-order valence-electron chi connectivity index (χ0n) is 7.77. The van der Waals surface area contributed by atoms with Crippen LogP contribution in [-0.2, 0) is 9.59 Å². The van der Waals surface area contributed by atoms with E-state index in [-0.39, 0.29) is 17.0 Å². The number of hydrogen-bond donors (Lipinski definition) is 1. The van der Waals surface area contributed by atoms with Crippen molar-refractivity contribution < 1.29 is 14.7 Å². The number of hydrogen-bond acceptors (Lipinski definition) is 3. The maximum absolute atomic E-state index is 11.5. The Kier molecular flexibility index (Phi) is 1.92. The molecular formula is C9H9NO3S. The van der Waals surface area contributed by atoms with Gasteiger partial charge in [0.1, 0.15) is 11.1 Å². The van der Waals surface area contributed by atoms with Gasteiger partial charge >= 0.3 is 5.97 Å². The van der Waals surface area contributed by atoms with Crippen molar-refractivity contribution in [2.45, 2.75) is 19.2 Å². The Bertz CT molecular complexity index is 397. The predicted octanol–water partition coefficient (Wildman–Crippen LogP) is 1.16. The largest absolute Gasteiger partial charge is 0.477 e. The molecule has 0 aliphatic carbocycles. The molecule has 0 aromatic heterocycles. The first-order valence-electron chi connectivity index (χ1n) is 4.18. The number of aliphatic carboxylic acids is 1. The predicted molar refractivity (Wildman–Crippen MR) is 52.3 cm³/mol. The van der Waals surface area contributed by atoms with Gasteiger partial charge in [0.2, 0.25) is 0 Å². The number of β-lactam (4-membered cyclic amide) rings is 1. The lowest BCUT2D eigenvalue weighted by Gasteiger charge is -2.36. The highest BCUT2D eigenvalue weighted by Gasteiger charge is 2.50. The lowest BCUT2D eigenvalue weighted by Crippen LogP contribution is -2.51. The number of thioether (sulfide) groups is 1. The van der Waals surface area contributed by atoms with Crippen LogP contribution in [0.4, 0.5) is 0 Å². The van der Waals surface area contributed by atoms with Crippen LogP contribution < -0.4 is 0 Å². The summed E-state index contributed by atoms with van der Waals surface area (Å²) in [5.41, 5.74) is 0.834. The van der Waals surface area contributed by atoms with Gasteiger partial charge in [-0.3, -0.25) is 9.69 Å². The highest BCUT2D eigenvalue weighted by Crippen LogP contribution is 2.48. The quantitative estimate of drug-likeness (QED) is 0.522. The van der Waals surface area contributed by atoms with Crippen LogP contribution in [-0.4, -0.2) is 27.3 Å². The first-order chi connectivity index (χ1) is 6.57. The topological polar surface area (TPSA) is 57.6 Å². The summed E-state index contributed by atoms with van der Waals surface area (Å²) in [5, 5.41) is 8.80. The number of nitrogens with zero attached hydrogens (tertiary/aromatic N) is 1. The summed E-state index contributed by atoms with van der Waals surface area (Å²) >= 11 is 1.42. The third kappa shape index (κ3) is 0.957. The number of carbonyl (C=O) groups is 2. The average Bonchev–Trinajstić information content (AvgIpc) is 2.40. The van der Waals surface area contributed by atoms with E-state index in [0.29, 0.717) is 10.5 Å². The number of rotatable bonds is 1. The van der Waals surface area contributed by atoms with E-state index in [4.69, 9.17) is 5.11 Å². The SMILES string of the molecule is CC=C1C(=O)N2C(C(=O)O)=C(C)S[C@@H]12. The number of fused-ring (bicyclic) bond motifs is 1. The Hall–Kier alpha value is -1.23. The third-order valence-corrected chi connectivity index (χ3v) is 3.58. The summed E-state index contributed by atoms with van der Waals surface area (Å²) < 4.78 is 0. The minimum Gasteiger partial charge on any atom is -0.477 e. The maximum atomic E-state index is 11.5. The van der Waals surface area contributed by atoms with Crippen LogP contribution in [0.3, 0.4) is 0 Å². The molecule has 2 aliphatic heterocycles. The molecule has 0 saturated carbocycles. The van der Waals surface area contributed by atoms with Crippen molar-refractivity contribution in [2.75, 3.05) is 0 Å². The van der Waals surface area contributed by atoms with E-state index in [1.54, 1.807) is 19.9 Å². The number of amides is 1. The fourth-order valence-corrected chi connectivity index (χ4v) is 2.97. The number of carboxylic acids is 1. The van der Waals surface area contributed by atoms with Gasteiger partial charge in [0, 0.05) is 10.5 Å². The molecule has 2 aliphatic rings. The molecular weight excluding hydrogens is 202 g/mol. The minimum atomic E-state index is -1.03. The van der Waals surface area contributed by atoms with Gasteiger partial charge in [0.05, 0.1) is 0 Å². The van der Waals surface area contributed by atoms with Gasteiger partial charge in [-0.05, 0) is 13.8 Å². The molecule has 0 radical (unpaired) electrons. The zero-order chi connectivity index (χ0) is 10.5. The van der Waals surface area contributed by atoms with Crippen molar-refractivity contribution in [3.05, 3.63) is 22.3 Å². The molecule has 1 saturated heterocycles. The Morgan fingerprint density at radius 2 is 2.29 bits per heavy atom. The standard InChI is InChI=1S/C9H9NO3S/c1-3-5-7(11)10-6(9(12)13)4(2)14-8(5)10/h3,8H,1-2H3,(H,12,13)/t8-/m0/s1. The molecule has 1 atom stereocenters. The lowest BCUT2D eigenvalue weighted by atomic mass is 10.1. The molecule has 1 fully saturated rings. The van der Waals surface area contributed by atoms with Crippen LogP contribution in [0.15, 0.2) is 22.3 Å². The first-order valence-corrected chi connectivity index (χ1v) is 5.06. The molecule has 0 bridgehead atoms. The van der Waals surface area contributed by atoms with Crippen molar-refractivity contribution in [3.63, 3.8) is 0 Å². The van der Waals surface area contributed by atoms with E-state index in [0.717, 1.165) is 0 Å². The van der Waals surface area contributed by atoms with E-state index < -0.39 is 5.97 Å². The summed E-state index contributed by atoms with van der Waals surface area (Å²) in [7, 11) is 0. The van der Waals surface area contributed by atoms with Crippen LogP contribution in [0.1, 0.15) is 13.8 Å². The first kappa shape index (κ1) is 9.33. The van der Waals surface area contributed by atoms with Crippen molar-refractivity contribution in [1.82, 2.24) is 4.90 Å². The molecule has 0 spiro atoms. The van der Waals surface area contributed by atoms with E-state index in [1.165, 1.54) is 16.7 Å². The molecule has 0 aromatic rings. The molecule has 2 rings (SSSR count). The van der Waals surface area contributed by atoms with E-state index in [9.17, 15) is 9.59 Å². The summed E-state index contributed by atoms with van der Waals surface area (Å²) in [4.78, 5) is 24.4. The van der Waals surface area contributed by atoms with Crippen LogP contribution in [0.25, 0.3) is 0 Å². The molecule has 1 amide bonds. The van der Waals surface area contributed by atoms with Crippen LogP contribution in [0.2, 0.25) is 0 Å². The maximum Gasteiger partial charge on any atom is 0.353 e. The molecule has 2 heterocycles. The normalized spacial score (nSPS) is 28.1. The van der Waals surface area contributed by atoms with Crippen LogP contribution in [0.5, 0.6) is 0 Å². The summed E-state index contributed by atoms with van der Waals surface area (Å²) in [6.45, 7) is 3.52. The fourth-order valence-electron chi connectivity index (χ4n) is 1.67. The van der Waals surface area contributed by atoms with Crippen molar-refractivity contribution >= 4 is 23.6 Å². The van der Waals surface area contributed by atoms with E-state index >= 15 is 0 Å². The van der Waals surface area contributed by atoms with Gasteiger partial charge in [-0.2, -0.15) is 0 Å². The van der Waals surface area contributed by atoms with Crippen molar-refractivity contribution in [3.8, 4) is 0 Å². The monoisotopic (exact) mass is 211 g/mol. The van der Waals surface area contributed by atoms with E-state index in [2.05, 4.69) is 0 Å². The summed E-state index contributed by atoms with van der Waals surface area (Å²) in [5.74, 6) is -1.21. The molecule has 4 nitrogen and oxygen atoms in total. The highest BCUT2D eigenvalue weighted by atomic mass is 32.2. The molecule has 0 unspecified atom stereocenters. The fraction of sp³-hybridized carbons (Fsp3) is 0.333. The number of allylic oxidation sites excluding steroid dienone is 2. The second-order valence-electron chi connectivity index (χ2n) is 3.10. The van der Waals surface area contributed by atoms with Crippen molar-refractivity contribution in [1.29, 1.82) is 0 Å². The number of carbonyl (C=O) groups excluding carboxylic acids is 1. The van der Waals surface area contributed by atoms with Crippen LogP contribution in [0, 0.1) is 0 Å². The third-order valence-electron chi connectivity index (χ3n) is 2.34. The van der Waals surface area contributed by atoms with Gasteiger partial charge in [-0.15, -0.1) is 0 Å². The minimum absolute atomic E-state index is 0.0985. The highest BCUT2D eigenvalue weighted by molar-refractivity contribution is 8.04. The zero-order valence-corrected chi connectivity index (χ0v) is 8.59. The summed E-state index contributed by atoms with van der Waals surface area (Å²) in [6.07, 6.45) is 1.74.